The average Bonchev–Trinajstić information content (AvgIpc) is 3.12. The van der Waals surface area contributed by atoms with Gasteiger partial charge in [0.2, 0.25) is 5.91 Å². The van der Waals surface area contributed by atoms with E-state index in [0.717, 1.165) is 35.8 Å². The SMILES string of the molecule is NC(=O)CN(C(=O)c1cc2ccccc2s1)C1CCCC1. The molecule has 110 valence electrons. The molecule has 1 aliphatic carbocycles. The van der Waals surface area contributed by atoms with Gasteiger partial charge in [-0.05, 0) is 30.4 Å². The van der Waals surface area contributed by atoms with Crippen molar-refractivity contribution in [2.45, 2.75) is 31.7 Å². The molecule has 2 amide bonds. The molecule has 0 radical (unpaired) electrons. The molecule has 21 heavy (non-hydrogen) atoms. The molecule has 5 heteroatoms. The van der Waals surface area contributed by atoms with Crippen molar-refractivity contribution >= 4 is 33.2 Å². The molecule has 0 atom stereocenters. The number of primary amides is 1. The Kier molecular flexibility index (Phi) is 3.92. The molecule has 2 N–H and O–H groups in total. The van der Waals surface area contributed by atoms with Gasteiger partial charge in [0.1, 0.15) is 0 Å². The number of nitrogens with two attached hydrogens (primary N) is 1. The summed E-state index contributed by atoms with van der Waals surface area (Å²) in [5.74, 6) is -0.515. The van der Waals surface area contributed by atoms with Gasteiger partial charge < -0.3 is 10.6 Å². The number of benzene rings is 1. The molecule has 0 aliphatic heterocycles. The normalized spacial score (nSPS) is 15.4. The molecular formula is C16H18N2O2S. The lowest BCUT2D eigenvalue weighted by molar-refractivity contribution is -0.119. The first kappa shape index (κ1) is 14.1. The van der Waals surface area contributed by atoms with Crippen molar-refractivity contribution in [2.24, 2.45) is 5.73 Å². The summed E-state index contributed by atoms with van der Waals surface area (Å²) in [6.07, 6.45) is 4.15. The Morgan fingerprint density at radius 1 is 1.24 bits per heavy atom. The van der Waals surface area contributed by atoms with Gasteiger partial charge in [-0.2, -0.15) is 0 Å². The second-order valence-corrected chi connectivity index (χ2v) is 6.57. The fourth-order valence-corrected chi connectivity index (χ4v) is 4.00. The molecule has 1 saturated carbocycles. The summed E-state index contributed by atoms with van der Waals surface area (Å²) < 4.78 is 1.09. The van der Waals surface area contributed by atoms with Gasteiger partial charge in [-0.1, -0.05) is 31.0 Å². The summed E-state index contributed by atoms with van der Waals surface area (Å²) in [6.45, 7) is 0.0117. The maximum atomic E-state index is 12.8. The van der Waals surface area contributed by atoms with Gasteiger partial charge in [0.25, 0.3) is 5.91 Å². The smallest absolute Gasteiger partial charge is 0.264 e. The van der Waals surface area contributed by atoms with Gasteiger partial charge in [-0.3, -0.25) is 9.59 Å². The standard InChI is InChI=1S/C16H18N2O2S/c17-15(19)10-18(12-6-2-3-7-12)16(20)14-9-11-5-1-4-8-13(11)21-14/h1,4-5,8-9,12H,2-3,6-7,10H2,(H2,17,19). The number of amides is 2. The number of carbonyl (C=O) groups is 2. The van der Waals surface area contributed by atoms with Crippen molar-refractivity contribution in [3.8, 4) is 0 Å². The Morgan fingerprint density at radius 2 is 1.95 bits per heavy atom. The van der Waals surface area contributed by atoms with E-state index in [4.69, 9.17) is 5.73 Å². The summed E-state index contributed by atoms with van der Waals surface area (Å²) in [5.41, 5.74) is 5.32. The predicted octanol–water partition coefficient (Wildman–Crippen LogP) is 2.77. The summed E-state index contributed by atoms with van der Waals surface area (Å²) in [7, 11) is 0. The third-order valence-corrected chi connectivity index (χ3v) is 5.09. The van der Waals surface area contributed by atoms with Crippen LogP contribution in [0, 0.1) is 0 Å². The number of carbonyl (C=O) groups excluding carboxylic acids is 2. The Balaban J connectivity index is 1.90. The minimum Gasteiger partial charge on any atom is -0.368 e. The second-order valence-electron chi connectivity index (χ2n) is 5.49. The maximum absolute atomic E-state index is 12.8. The van der Waals surface area contributed by atoms with E-state index in [2.05, 4.69) is 0 Å². The summed E-state index contributed by atoms with van der Waals surface area (Å²) in [4.78, 5) is 26.4. The zero-order valence-corrected chi connectivity index (χ0v) is 12.6. The molecule has 1 aromatic heterocycles. The van der Waals surface area contributed by atoms with Crippen LogP contribution in [0.1, 0.15) is 35.4 Å². The van der Waals surface area contributed by atoms with Crippen LogP contribution in [0.3, 0.4) is 0 Å². The van der Waals surface area contributed by atoms with Crippen LogP contribution in [0.5, 0.6) is 0 Å². The molecule has 2 aromatic rings. The fourth-order valence-electron chi connectivity index (χ4n) is 2.98. The number of fused-ring (bicyclic) bond motifs is 1. The average molecular weight is 302 g/mol. The minimum absolute atomic E-state index is 0.0117. The quantitative estimate of drug-likeness (QED) is 0.944. The number of thiophene rings is 1. The third kappa shape index (κ3) is 2.93. The summed E-state index contributed by atoms with van der Waals surface area (Å²) in [6, 6.07) is 9.98. The van der Waals surface area contributed by atoms with Gasteiger partial charge in [0.15, 0.2) is 0 Å². The van der Waals surface area contributed by atoms with Crippen molar-refractivity contribution < 1.29 is 9.59 Å². The Bertz CT molecular complexity index is 641. The Hall–Kier alpha value is -1.88. The zero-order chi connectivity index (χ0) is 14.8. The maximum Gasteiger partial charge on any atom is 0.264 e. The largest absolute Gasteiger partial charge is 0.368 e. The highest BCUT2D eigenvalue weighted by molar-refractivity contribution is 7.20. The molecule has 0 unspecified atom stereocenters. The molecule has 0 saturated heterocycles. The molecule has 0 bridgehead atoms. The Morgan fingerprint density at radius 3 is 2.62 bits per heavy atom. The second kappa shape index (κ2) is 5.85. The van der Waals surface area contributed by atoms with Crippen molar-refractivity contribution in [1.29, 1.82) is 0 Å². The summed E-state index contributed by atoms with van der Waals surface area (Å²) in [5, 5.41) is 1.07. The van der Waals surface area contributed by atoms with Gasteiger partial charge in [0.05, 0.1) is 11.4 Å². The Labute approximate surface area is 127 Å². The fraction of sp³-hybridized carbons (Fsp3) is 0.375. The number of rotatable bonds is 4. The van der Waals surface area contributed by atoms with Crippen LogP contribution < -0.4 is 5.73 Å². The van der Waals surface area contributed by atoms with Crippen LogP contribution >= 0.6 is 11.3 Å². The lowest BCUT2D eigenvalue weighted by atomic mass is 10.2. The van der Waals surface area contributed by atoms with Crippen molar-refractivity contribution in [3.05, 3.63) is 35.2 Å². The van der Waals surface area contributed by atoms with Gasteiger partial charge in [0, 0.05) is 10.7 Å². The number of nitrogens with zero attached hydrogens (tertiary/aromatic N) is 1. The molecule has 1 aromatic carbocycles. The molecule has 1 fully saturated rings. The first-order valence-electron chi connectivity index (χ1n) is 7.23. The highest BCUT2D eigenvalue weighted by atomic mass is 32.1. The van der Waals surface area contributed by atoms with Crippen LogP contribution in [0.2, 0.25) is 0 Å². The van der Waals surface area contributed by atoms with Crippen molar-refractivity contribution in [2.75, 3.05) is 6.54 Å². The third-order valence-electron chi connectivity index (χ3n) is 3.99. The van der Waals surface area contributed by atoms with Gasteiger partial charge >= 0.3 is 0 Å². The van der Waals surface area contributed by atoms with E-state index < -0.39 is 5.91 Å². The predicted molar refractivity (Wildman–Crippen MR) is 84.3 cm³/mol. The molecule has 0 spiro atoms. The molecule has 3 rings (SSSR count). The molecule has 4 nitrogen and oxygen atoms in total. The van der Waals surface area contributed by atoms with E-state index in [1.165, 1.54) is 11.3 Å². The van der Waals surface area contributed by atoms with E-state index in [1.807, 2.05) is 30.3 Å². The minimum atomic E-state index is -0.448. The highest BCUT2D eigenvalue weighted by Crippen LogP contribution is 2.29. The number of hydrogen-bond acceptors (Lipinski definition) is 3. The molecular weight excluding hydrogens is 284 g/mol. The molecule has 1 heterocycles. The van der Waals surface area contributed by atoms with E-state index in [0.29, 0.717) is 4.88 Å². The van der Waals surface area contributed by atoms with E-state index >= 15 is 0 Å². The first-order valence-corrected chi connectivity index (χ1v) is 8.04. The zero-order valence-electron chi connectivity index (χ0n) is 11.7. The topological polar surface area (TPSA) is 63.4 Å². The van der Waals surface area contributed by atoms with Crippen LogP contribution in [-0.4, -0.2) is 29.3 Å². The summed E-state index contributed by atoms with van der Waals surface area (Å²) >= 11 is 1.48. The number of hydrogen-bond donors (Lipinski definition) is 1. The van der Waals surface area contributed by atoms with Crippen LogP contribution in [0.25, 0.3) is 10.1 Å². The lowest BCUT2D eigenvalue weighted by Crippen LogP contribution is -2.43. The van der Waals surface area contributed by atoms with Gasteiger partial charge in [-0.25, -0.2) is 0 Å². The van der Waals surface area contributed by atoms with Crippen LogP contribution in [-0.2, 0) is 4.79 Å². The van der Waals surface area contributed by atoms with E-state index in [-0.39, 0.29) is 18.5 Å². The van der Waals surface area contributed by atoms with Crippen molar-refractivity contribution in [1.82, 2.24) is 4.90 Å². The molecule has 1 aliphatic rings. The van der Waals surface area contributed by atoms with Crippen molar-refractivity contribution in [3.63, 3.8) is 0 Å². The van der Waals surface area contributed by atoms with Crippen LogP contribution in [0.15, 0.2) is 30.3 Å². The highest BCUT2D eigenvalue weighted by Gasteiger charge is 2.29. The lowest BCUT2D eigenvalue weighted by Gasteiger charge is -2.27. The monoisotopic (exact) mass is 302 g/mol. The van der Waals surface area contributed by atoms with E-state index in [1.54, 1.807) is 4.90 Å². The van der Waals surface area contributed by atoms with Crippen LogP contribution in [0.4, 0.5) is 0 Å². The first-order chi connectivity index (χ1) is 10.1. The van der Waals surface area contributed by atoms with Gasteiger partial charge in [-0.15, -0.1) is 11.3 Å². The van der Waals surface area contributed by atoms with E-state index in [9.17, 15) is 9.59 Å².